The van der Waals surface area contributed by atoms with Crippen molar-refractivity contribution in [1.82, 2.24) is 30.8 Å². The van der Waals surface area contributed by atoms with E-state index >= 15 is 0 Å². The van der Waals surface area contributed by atoms with Crippen LogP contribution in [0.15, 0.2) is 35.6 Å². The number of rotatable bonds is 6. The van der Waals surface area contributed by atoms with Crippen molar-refractivity contribution in [2.75, 3.05) is 6.54 Å². The van der Waals surface area contributed by atoms with Gasteiger partial charge in [0.25, 0.3) is 0 Å². The lowest BCUT2D eigenvalue weighted by Gasteiger charge is -2.11. The molecule has 0 aliphatic rings. The molecule has 0 bridgehead atoms. The van der Waals surface area contributed by atoms with Gasteiger partial charge >= 0.3 is 0 Å². The molecule has 0 amide bonds. The molecule has 0 saturated heterocycles. The Balaban J connectivity index is 1.67. The monoisotopic (exact) mass is 369 g/mol. The first-order chi connectivity index (χ1) is 12.7. The normalized spacial score (nSPS) is 11.6. The topological polar surface area (TPSA) is 90.9 Å². The minimum absolute atomic E-state index is 0.581. The number of benzene rings is 1. The SMILES string of the molecule is CCNC(=NCc1cccc(-c2ncn[nH]2)c1)NCc1sc(C)nc1C. The zero-order valence-electron chi connectivity index (χ0n) is 15.2. The maximum Gasteiger partial charge on any atom is 0.191 e. The first-order valence-electron chi connectivity index (χ1n) is 8.55. The Kier molecular flexibility index (Phi) is 5.96. The van der Waals surface area contributed by atoms with Gasteiger partial charge in [-0.15, -0.1) is 11.3 Å². The second-order valence-corrected chi connectivity index (χ2v) is 7.11. The van der Waals surface area contributed by atoms with E-state index in [2.05, 4.69) is 49.9 Å². The zero-order valence-corrected chi connectivity index (χ0v) is 16.0. The summed E-state index contributed by atoms with van der Waals surface area (Å²) < 4.78 is 0. The summed E-state index contributed by atoms with van der Waals surface area (Å²) in [6.07, 6.45) is 1.51. The number of aliphatic imine (C=N–C) groups is 1. The predicted molar refractivity (Wildman–Crippen MR) is 105 cm³/mol. The molecule has 0 radical (unpaired) electrons. The molecule has 1 aromatic carbocycles. The molecule has 0 saturated carbocycles. The molecule has 0 spiro atoms. The first-order valence-corrected chi connectivity index (χ1v) is 9.37. The number of nitrogens with zero attached hydrogens (tertiary/aromatic N) is 4. The molecule has 0 aliphatic carbocycles. The van der Waals surface area contributed by atoms with Gasteiger partial charge in [-0.2, -0.15) is 5.10 Å². The van der Waals surface area contributed by atoms with Crippen LogP contribution in [-0.4, -0.2) is 32.7 Å². The van der Waals surface area contributed by atoms with Crippen LogP contribution in [0, 0.1) is 13.8 Å². The first kappa shape index (κ1) is 18.1. The number of hydrogen-bond donors (Lipinski definition) is 3. The van der Waals surface area contributed by atoms with E-state index in [-0.39, 0.29) is 0 Å². The third-order valence-corrected chi connectivity index (χ3v) is 4.87. The van der Waals surface area contributed by atoms with Gasteiger partial charge in [-0.05, 0) is 32.4 Å². The lowest BCUT2D eigenvalue weighted by Crippen LogP contribution is -2.36. The number of aromatic amines is 1. The quantitative estimate of drug-likeness (QED) is 0.459. The van der Waals surface area contributed by atoms with Crippen LogP contribution in [-0.2, 0) is 13.1 Å². The van der Waals surface area contributed by atoms with Crippen molar-refractivity contribution in [1.29, 1.82) is 0 Å². The second kappa shape index (κ2) is 8.57. The number of thiazole rings is 1. The molecule has 0 aliphatic heterocycles. The number of nitrogens with one attached hydrogen (secondary N) is 3. The standard InChI is InChI=1S/C18H23N7S/c1-4-19-18(21-10-16-12(2)24-13(3)26-16)20-9-14-6-5-7-15(8-14)17-22-11-23-25-17/h5-8,11H,4,9-10H2,1-3H3,(H2,19,20,21)(H,22,23,25). The Hall–Kier alpha value is -2.74. The summed E-state index contributed by atoms with van der Waals surface area (Å²) in [7, 11) is 0. The minimum Gasteiger partial charge on any atom is -0.357 e. The van der Waals surface area contributed by atoms with E-state index in [1.807, 2.05) is 26.0 Å². The van der Waals surface area contributed by atoms with Crippen LogP contribution >= 0.6 is 11.3 Å². The molecule has 8 heteroatoms. The highest BCUT2D eigenvalue weighted by Gasteiger charge is 2.06. The van der Waals surface area contributed by atoms with Gasteiger partial charge in [0.15, 0.2) is 11.8 Å². The van der Waals surface area contributed by atoms with Crippen molar-refractivity contribution in [3.8, 4) is 11.4 Å². The van der Waals surface area contributed by atoms with Crippen molar-refractivity contribution in [3.63, 3.8) is 0 Å². The fourth-order valence-corrected chi connectivity index (χ4v) is 3.45. The van der Waals surface area contributed by atoms with Gasteiger partial charge in [-0.1, -0.05) is 18.2 Å². The summed E-state index contributed by atoms with van der Waals surface area (Å²) in [5.41, 5.74) is 3.19. The summed E-state index contributed by atoms with van der Waals surface area (Å²) in [5.74, 6) is 1.56. The lowest BCUT2D eigenvalue weighted by atomic mass is 10.1. The molecule has 136 valence electrons. The van der Waals surface area contributed by atoms with E-state index in [4.69, 9.17) is 4.99 Å². The number of aromatic nitrogens is 4. The van der Waals surface area contributed by atoms with Crippen molar-refractivity contribution < 1.29 is 0 Å². The molecule has 2 heterocycles. The summed E-state index contributed by atoms with van der Waals surface area (Å²) in [6.45, 7) is 8.25. The van der Waals surface area contributed by atoms with Crippen LogP contribution in [0.25, 0.3) is 11.4 Å². The van der Waals surface area contributed by atoms with Gasteiger partial charge in [-0.25, -0.2) is 15.0 Å². The number of guanidine groups is 1. The van der Waals surface area contributed by atoms with E-state index in [0.29, 0.717) is 6.54 Å². The minimum atomic E-state index is 0.581. The van der Waals surface area contributed by atoms with Gasteiger partial charge in [0, 0.05) is 17.0 Å². The van der Waals surface area contributed by atoms with E-state index in [0.717, 1.165) is 46.7 Å². The van der Waals surface area contributed by atoms with Gasteiger partial charge in [0.2, 0.25) is 0 Å². The molecule has 26 heavy (non-hydrogen) atoms. The molecule has 7 nitrogen and oxygen atoms in total. The fraction of sp³-hybridized carbons (Fsp3) is 0.333. The molecule has 0 unspecified atom stereocenters. The summed E-state index contributed by atoms with van der Waals surface area (Å²) in [4.78, 5) is 14.6. The van der Waals surface area contributed by atoms with Crippen molar-refractivity contribution in [2.45, 2.75) is 33.9 Å². The zero-order chi connectivity index (χ0) is 18.4. The Morgan fingerprint density at radius 1 is 1.27 bits per heavy atom. The maximum atomic E-state index is 4.69. The van der Waals surface area contributed by atoms with Gasteiger partial charge in [0.1, 0.15) is 6.33 Å². The summed E-state index contributed by atoms with van der Waals surface area (Å²) in [6, 6.07) is 8.15. The number of H-pyrrole nitrogens is 1. The highest BCUT2D eigenvalue weighted by atomic mass is 32.1. The highest BCUT2D eigenvalue weighted by Crippen LogP contribution is 2.17. The number of hydrogen-bond acceptors (Lipinski definition) is 5. The Morgan fingerprint density at radius 2 is 2.15 bits per heavy atom. The van der Waals surface area contributed by atoms with Crippen LogP contribution < -0.4 is 10.6 Å². The third-order valence-electron chi connectivity index (χ3n) is 3.80. The Labute approximate surface area is 157 Å². The van der Waals surface area contributed by atoms with Crippen molar-refractivity contribution in [2.24, 2.45) is 4.99 Å². The molecule has 3 rings (SSSR count). The number of aryl methyl sites for hydroxylation is 2. The molecule has 3 N–H and O–H groups in total. The molecule has 0 fully saturated rings. The fourth-order valence-electron chi connectivity index (χ4n) is 2.58. The second-order valence-electron chi connectivity index (χ2n) is 5.82. The average molecular weight is 369 g/mol. The molecule has 3 aromatic rings. The molecular weight excluding hydrogens is 346 g/mol. The predicted octanol–water partition coefficient (Wildman–Crippen LogP) is 2.80. The molecule has 0 atom stereocenters. The Morgan fingerprint density at radius 3 is 2.85 bits per heavy atom. The van der Waals surface area contributed by atoms with Crippen molar-refractivity contribution in [3.05, 3.63) is 51.7 Å². The highest BCUT2D eigenvalue weighted by molar-refractivity contribution is 7.11. The van der Waals surface area contributed by atoms with Crippen LogP contribution in [0.3, 0.4) is 0 Å². The van der Waals surface area contributed by atoms with Crippen LogP contribution in [0.2, 0.25) is 0 Å². The van der Waals surface area contributed by atoms with Crippen LogP contribution in [0.1, 0.15) is 28.1 Å². The summed E-state index contributed by atoms with van der Waals surface area (Å²) in [5, 5.41) is 14.5. The van der Waals surface area contributed by atoms with E-state index in [1.165, 1.54) is 11.2 Å². The van der Waals surface area contributed by atoms with E-state index in [1.54, 1.807) is 11.3 Å². The van der Waals surface area contributed by atoms with Gasteiger partial charge in [-0.3, -0.25) is 5.10 Å². The lowest BCUT2D eigenvalue weighted by molar-refractivity contribution is 0.819. The third kappa shape index (κ3) is 4.66. The van der Waals surface area contributed by atoms with Crippen LogP contribution in [0.4, 0.5) is 0 Å². The van der Waals surface area contributed by atoms with Crippen LogP contribution in [0.5, 0.6) is 0 Å². The largest absolute Gasteiger partial charge is 0.357 e. The summed E-state index contributed by atoms with van der Waals surface area (Å²) >= 11 is 1.72. The van der Waals surface area contributed by atoms with E-state index in [9.17, 15) is 0 Å². The Bertz CT molecular complexity index is 868. The molecular formula is C18H23N7S. The maximum absolute atomic E-state index is 4.69. The smallest absolute Gasteiger partial charge is 0.191 e. The van der Waals surface area contributed by atoms with Gasteiger partial charge in [0.05, 0.1) is 23.8 Å². The van der Waals surface area contributed by atoms with E-state index < -0.39 is 0 Å². The average Bonchev–Trinajstić information content (AvgIpc) is 3.27. The molecule has 2 aromatic heterocycles. The van der Waals surface area contributed by atoms with Gasteiger partial charge < -0.3 is 10.6 Å². The van der Waals surface area contributed by atoms with Crippen molar-refractivity contribution >= 4 is 17.3 Å².